The molecule has 1 amide bonds. The lowest BCUT2D eigenvalue weighted by molar-refractivity contribution is -0.124. The number of rotatable bonds is 8. The van der Waals surface area contributed by atoms with Crippen LogP contribution in [0.1, 0.15) is 17.3 Å². The van der Waals surface area contributed by atoms with Crippen molar-refractivity contribution < 1.29 is 34.8 Å². The van der Waals surface area contributed by atoms with Gasteiger partial charge in [0.2, 0.25) is 5.91 Å². The second-order valence-electron chi connectivity index (χ2n) is 5.02. The third kappa shape index (κ3) is 6.33. The van der Waals surface area contributed by atoms with Crippen LogP contribution in [-0.4, -0.2) is 69.9 Å². The van der Waals surface area contributed by atoms with E-state index in [1.807, 2.05) is 0 Å². The molecule has 0 radical (unpaired) electrons. The molecular weight excluding hydrogens is 306 g/mol. The highest BCUT2D eigenvalue weighted by Crippen LogP contribution is 2.07. The molecule has 0 aliphatic rings. The summed E-state index contributed by atoms with van der Waals surface area (Å²) in [4.78, 5) is 22.4. The average molecular weight is 327 g/mol. The van der Waals surface area contributed by atoms with Crippen molar-refractivity contribution in [2.45, 2.75) is 31.3 Å². The fraction of sp³-hybridized carbons (Fsp3) is 0.467. The Balaban J connectivity index is 2.45. The molecule has 1 aromatic rings. The summed E-state index contributed by atoms with van der Waals surface area (Å²) in [6.07, 6.45) is -6.53. The van der Waals surface area contributed by atoms with Crippen molar-refractivity contribution in [3.05, 3.63) is 35.9 Å². The second-order valence-corrected chi connectivity index (χ2v) is 5.02. The summed E-state index contributed by atoms with van der Waals surface area (Å²) < 4.78 is 4.83. The molecule has 8 nitrogen and oxygen atoms in total. The van der Waals surface area contributed by atoms with E-state index < -0.39 is 42.9 Å². The van der Waals surface area contributed by atoms with Gasteiger partial charge in [-0.05, 0) is 12.1 Å². The Kier molecular flexibility index (Phi) is 7.63. The molecule has 128 valence electrons. The molecule has 0 aliphatic carbocycles. The van der Waals surface area contributed by atoms with E-state index in [2.05, 4.69) is 5.32 Å². The Morgan fingerprint density at radius 1 is 1.04 bits per heavy atom. The minimum absolute atomic E-state index is 0.278. The molecule has 0 fully saturated rings. The van der Waals surface area contributed by atoms with Crippen molar-refractivity contribution >= 4 is 11.9 Å². The summed E-state index contributed by atoms with van der Waals surface area (Å²) >= 11 is 0. The van der Waals surface area contributed by atoms with E-state index >= 15 is 0 Å². The quantitative estimate of drug-likeness (QED) is 0.364. The summed E-state index contributed by atoms with van der Waals surface area (Å²) in [6, 6.07) is 8.06. The van der Waals surface area contributed by atoms with Gasteiger partial charge < -0.3 is 30.5 Å². The Labute approximate surface area is 133 Å². The Morgan fingerprint density at radius 3 is 2.17 bits per heavy atom. The van der Waals surface area contributed by atoms with E-state index in [-0.39, 0.29) is 12.1 Å². The highest BCUT2D eigenvalue weighted by atomic mass is 16.5. The van der Waals surface area contributed by atoms with Crippen LogP contribution in [0.3, 0.4) is 0 Å². The van der Waals surface area contributed by atoms with Crippen LogP contribution in [0, 0.1) is 0 Å². The largest absolute Gasteiger partial charge is 0.459 e. The number of ether oxygens (including phenoxy) is 1. The first-order valence-electron chi connectivity index (χ1n) is 7.01. The van der Waals surface area contributed by atoms with Gasteiger partial charge in [-0.1, -0.05) is 18.2 Å². The number of amides is 1. The van der Waals surface area contributed by atoms with E-state index in [0.717, 1.165) is 0 Å². The van der Waals surface area contributed by atoms with Gasteiger partial charge in [-0.15, -0.1) is 0 Å². The molecule has 0 aromatic heterocycles. The smallest absolute Gasteiger partial charge is 0.338 e. The first-order chi connectivity index (χ1) is 10.8. The summed E-state index contributed by atoms with van der Waals surface area (Å²) in [5, 5.41) is 41.0. The highest BCUT2D eigenvalue weighted by Gasteiger charge is 2.31. The standard InChI is InChI=1S/C15H21NO7/c1-9(17)16-7-11(18)13(20)14(21)12(19)8-23-15(22)10-5-3-2-4-6-10/h2-6,11-14,18-21H,7-8H2,1H3,(H,16,17)/t11-,12+,13-,14+/m0/s1. The van der Waals surface area contributed by atoms with Crippen molar-refractivity contribution in [3.8, 4) is 0 Å². The molecule has 0 heterocycles. The predicted octanol–water partition coefficient (Wildman–Crippen LogP) is -1.58. The first kappa shape index (κ1) is 19.0. The number of aliphatic hydroxyl groups is 4. The van der Waals surface area contributed by atoms with Crippen LogP contribution in [0.25, 0.3) is 0 Å². The Hall–Kier alpha value is -2.00. The van der Waals surface area contributed by atoms with Crippen molar-refractivity contribution in [2.24, 2.45) is 0 Å². The SMILES string of the molecule is CC(=O)NC[C@H](O)[C@H](O)[C@H](O)[C@H](O)COC(=O)c1ccccc1. The molecule has 23 heavy (non-hydrogen) atoms. The lowest BCUT2D eigenvalue weighted by Gasteiger charge is -2.26. The van der Waals surface area contributed by atoms with Gasteiger partial charge in [-0.2, -0.15) is 0 Å². The molecule has 1 aromatic carbocycles. The van der Waals surface area contributed by atoms with Gasteiger partial charge >= 0.3 is 5.97 Å². The number of hydrogen-bond donors (Lipinski definition) is 5. The Bertz CT molecular complexity index is 508. The fourth-order valence-electron chi connectivity index (χ4n) is 1.74. The normalized spacial score (nSPS) is 16.0. The van der Waals surface area contributed by atoms with Gasteiger partial charge in [0.25, 0.3) is 0 Å². The van der Waals surface area contributed by atoms with Gasteiger partial charge in [0.1, 0.15) is 24.9 Å². The third-order valence-corrected chi connectivity index (χ3v) is 3.09. The number of nitrogens with one attached hydrogen (secondary N) is 1. The Morgan fingerprint density at radius 2 is 1.61 bits per heavy atom. The highest BCUT2D eigenvalue weighted by molar-refractivity contribution is 5.89. The summed E-state index contributed by atoms with van der Waals surface area (Å²) in [7, 11) is 0. The van der Waals surface area contributed by atoms with Crippen LogP contribution >= 0.6 is 0 Å². The molecule has 0 aliphatic heterocycles. The van der Waals surface area contributed by atoms with Gasteiger partial charge in [-0.25, -0.2) is 4.79 Å². The molecule has 4 atom stereocenters. The lowest BCUT2D eigenvalue weighted by atomic mass is 10.0. The zero-order valence-corrected chi connectivity index (χ0v) is 12.6. The fourth-order valence-corrected chi connectivity index (χ4v) is 1.74. The van der Waals surface area contributed by atoms with E-state index in [1.165, 1.54) is 19.1 Å². The van der Waals surface area contributed by atoms with Crippen LogP contribution in [0.2, 0.25) is 0 Å². The second kappa shape index (κ2) is 9.21. The van der Waals surface area contributed by atoms with Crippen LogP contribution in [-0.2, 0) is 9.53 Å². The minimum atomic E-state index is -1.75. The maximum absolute atomic E-state index is 11.7. The zero-order valence-electron chi connectivity index (χ0n) is 12.6. The zero-order chi connectivity index (χ0) is 17.4. The molecule has 0 bridgehead atoms. The van der Waals surface area contributed by atoms with Crippen LogP contribution in [0.15, 0.2) is 30.3 Å². The van der Waals surface area contributed by atoms with Crippen molar-refractivity contribution in [3.63, 3.8) is 0 Å². The van der Waals surface area contributed by atoms with Gasteiger partial charge in [0.05, 0.1) is 11.7 Å². The molecule has 0 unspecified atom stereocenters. The van der Waals surface area contributed by atoms with E-state index in [0.29, 0.717) is 0 Å². The van der Waals surface area contributed by atoms with Crippen molar-refractivity contribution in [2.75, 3.05) is 13.2 Å². The summed E-state index contributed by atoms with van der Waals surface area (Å²) in [6.45, 7) is 0.385. The number of aliphatic hydroxyl groups excluding tert-OH is 4. The van der Waals surface area contributed by atoms with Crippen molar-refractivity contribution in [1.29, 1.82) is 0 Å². The number of carbonyl (C=O) groups excluding carboxylic acids is 2. The molecule has 0 spiro atoms. The minimum Gasteiger partial charge on any atom is -0.459 e. The molecule has 5 N–H and O–H groups in total. The van der Waals surface area contributed by atoms with E-state index in [4.69, 9.17) is 4.74 Å². The van der Waals surface area contributed by atoms with E-state index in [9.17, 15) is 30.0 Å². The van der Waals surface area contributed by atoms with Gasteiger partial charge in [-0.3, -0.25) is 4.79 Å². The maximum atomic E-state index is 11.7. The molecule has 8 heteroatoms. The molecule has 1 rings (SSSR count). The van der Waals surface area contributed by atoms with Gasteiger partial charge in [0, 0.05) is 13.5 Å². The first-order valence-corrected chi connectivity index (χ1v) is 7.01. The van der Waals surface area contributed by atoms with Crippen LogP contribution in [0.5, 0.6) is 0 Å². The number of benzene rings is 1. The summed E-state index contributed by atoms with van der Waals surface area (Å²) in [5.41, 5.74) is 0.278. The van der Waals surface area contributed by atoms with E-state index in [1.54, 1.807) is 18.2 Å². The predicted molar refractivity (Wildman–Crippen MR) is 79.4 cm³/mol. The number of carbonyl (C=O) groups is 2. The molecular formula is C15H21NO7. The van der Waals surface area contributed by atoms with Gasteiger partial charge in [0.15, 0.2) is 0 Å². The number of hydrogen-bond acceptors (Lipinski definition) is 7. The number of esters is 1. The lowest BCUT2D eigenvalue weighted by Crippen LogP contribution is -2.49. The average Bonchev–Trinajstić information content (AvgIpc) is 2.56. The summed E-state index contributed by atoms with van der Waals surface area (Å²) in [5.74, 6) is -1.10. The maximum Gasteiger partial charge on any atom is 0.338 e. The third-order valence-electron chi connectivity index (χ3n) is 3.09. The monoisotopic (exact) mass is 327 g/mol. The molecule has 0 saturated carbocycles. The van der Waals surface area contributed by atoms with Crippen LogP contribution < -0.4 is 5.32 Å². The van der Waals surface area contributed by atoms with Crippen LogP contribution in [0.4, 0.5) is 0 Å². The topological polar surface area (TPSA) is 136 Å². The van der Waals surface area contributed by atoms with Crippen molar-refractivity contribution in [1.82, 2.24) is 5.32 Å². The molecule has 0 saturated heterocycles.